The summed E-state index contributed by atoms with van der Waals surface area (Å²) in [6.45, 7) is 5.38. The standard InChI is InChI=1S/C15H20FN3/c1-2-8-19-9-7-14-12(10-19)15(18-17-14)11-5-3-4-6-13(11)16/h3-6,12,15,18H,2,7-10H2,1H3. The van der Waals surface area contributed by atoms with Crippen molar-refractivity contribution in [2.45, 2.75) is 25.8 Å². The van der Waals surface area contributed by atoms with Crippen LogP contribution in [0, 0.1) is 11.7 Å². The van der Waals surface area contributed by atoms with Crippen molar-refractivity contribution in [1.82, 2.24) is 10.3 Å². The molecule has 2 atom stereocenters. The Labute approximate surface area is 113 Å². The average Bonchev–Trinajstić information content (AvgIpc) is 2.83. The van der Waals surface area contributed by atoms with Gasteiger partial charge in [0.05, 0.1) is 6.04 Å². The Morgan fingerprint density at radius 3 is 3.05 bits per heavy atom. The van der Waals surface area contributed by atoms with Crippen molar-refractivity contribution in [3.8, 4) is 0 Å². The van der Waals surface area contributed by atoms with Crippen LogP contribution in [0.15, 0.2) is 29.4 Å². The third kappa shape index (κ3) is 2.37. The molecule has 0 aliphatic carbocycles. The van der Waals surface area contributed by atoms with E-state index in [1.165, 1.54) is 11.8 Å². The van der Waals surface area contributed by atoms with Gasteiger partial charge in [0.2, 0.25) is 0 Å². The van der Waals surface area contributed by atoms with Gasteiger partial charge in [-0.05, 0) is 19.0 Å². The van der Waals surface area contributed by atoms with Crippen LogP contribution in [-0.2, 0) is 0 Å². The SMILES string of the molecule is CCCN1CCC2=NNC(c3ccccc3F)C2C1. The number of fused-ring (bicyclic) bond motifs is 1. The number of benzene rings is 1. The molecule has 0 spiro atoms. The van der Waals surface area contributed by atoms with Crippen molar-refractivity contribution >= 4 is 5.71 Å². The summed E-state index contributed by atoms with van der Waals surface area (Å²) in [6, 6.07) is 7.02. The molecule has 19 heavy (non-hydrogen) atoms. The van der Waals surface area contributed by atoms with Crippen LogP contribution in [0.25, 0.3) is 0 Å². The summed E-state index contributed by atoms with van der Waals surface area (Å²) in [5.74, 6) is 0.182. The molecule has 1 aromatic carbocycles. The minimum Gasteiger partial charge on any atom is -0.302 e. The number of nitrogens with zero attached hydrogens (tertiary/aromatic N) is 2. The van der Waals surface area contributed by atoms with Gasteiger partial charge >= 0.3 is 0 Å². The highest BCUT2D eigenvalue weighted by atomic mass is 19.1. The Hall–Kier alpha value is -1.42. The highest BCUT2D eigenvalue weighted by Gasteiger charge is 2.37. The van der Waals surface area contributed by atoms with Crippen molar-refractivity contribution < 1.29 is 4.39 Å². The molecule has 0 aromatic heterocycles. The van der Waals surface area contributed by atoms with Crippen LogP contribution >= 0.6 is 0 Å². The number of hydrogen-bond donors (Lipinski definition) is 1. The molecule has 3 nitrogen and oxygen atoms in total. The monoisotopic (exact) mass is 261 g/mol. The molecule has 0 radical (unpaired) electrons. The molecular formula is C15H20FN3. The van der Waals surface area contributed by atoms with Gasteiger partial charge in [0, 0.05) is 36.7 Å². The number of likely N-dealkylation sites (tertiary alicyclic amines) is 1. The molecule has 2 unspecified atom stereocenters. The summed E-state index contributed by atoms with van der Waals surface area (Å²) in [6.07, 6.45) is 2.17. The Bertz CT molecular complexity index is 486. The molecular weight excluding hydrogens is 241 g/mol. The van der Waals surface area contributed by atoms with Crippen LogP contribution in [0.5, 0.6) is 0 Å². The van der Waals surface area contributed by atoms with E-state index in [9.17, 15) is 4.39 Å². The maximum Gasteiger partial charge on any atom is 0.128 e. The van der Waals surface area contributed by atoms with Gasteiger partial charge in [-0.25, -0.2) is 4.39 Å². The van der Waals surface area contributed by atoms with Gasteiger partial charge < -0.3 is 10.3 Å². The summed E-state index contributed by atoms with van der Waals surface area (Å²) < 4.78 is 13.9. The first-order valence-corrected chi connectivity index (χ1v) is 7.08. The molecule has 4 heteroatoms. The molecule has 0 amide bonds. The lowest BCUT2D eigenvalue weighted by atomic mass is 9.86. The van der Waals surface area contributed by atoms with Crippen LogP contribution in [-0.4, -0.2) is 30.2 Å². The maximum atomic E-state index is 13.9. The Balaban J connectivity index is 1.80. The number of hydrazone groups is 1. The van der Waals surface area contributed by atoms with E-state index in [0.717, 1.165) is 38.0 Å². The summed E-state index contributed by atoms with van der Waals surface area (Å²) in [5.41, 5.74) is 5.09. The van der Waals surface area contributed by atoms with Crippen molar-refractivity contribution in [3.05, 3.63) is 35.6 Å². The van der Waals surface area contributed by atoms with E-state index >= 15 is 0 Å². The lowest BCUT2D eigenvalue weighted by Gasteiger charge is -2.33. The van der Waals surface area contributed by atoms with E-state index in [0.29, 0.717) is 5.92 Å². The fourth-order valence-electron chi connectivity index (χ4n) is 3.14. The van der Waals surface area contributed by atoms with Crippen molar-refractivity contribution in [2.75, 3.05) is 19.6 Å². The quantitative estimate of drug-likeness (QED) is 0.905. The first kappa shape index (κ1) is 12.6. The second-order valence-electron chi connectivity index (χ2n) is 5.39. The van der Waals surface area contributed by atoms with E-state index in [2.05, 4.69) is 22.4 Å². The van der Waals surface area contributed by atoms with E-state index < -0.39 is 0 Å². The van der Waals surface area contributed by atoms with Gasteiger partial charge in [-0.15, -0.1) is 0 Å². The van der Waals surface area contributed by atoms with Gasteiger partial charge in [0.1, 0.15) is 5.82 Å². The van der Waals surface area contributed by atoms with Crippen molar-refractivity contribution in [2.24, 2.45) is 11.0 Å². The molecule has 0 saturated carbocycles. The highest BCUT2D eigenvalue weighted by Crippen LogP contribution is 2.33. The van der Waals surface area contributed by atoms with E-state index in [4.69, 9.17) is 0 Å². The smallest absolute Gasteiger partial charge is 0.128 e. The molecule has 2 heterocycles. The third-order valence-corrected chi connectivity index (χ3v) is 4.10. The first-order valence-electron chi connectivity index (χ1n) is 7.08. The number of rotatable bonds is 3. The average molecular weight is 261 g/mol. The fraction of sp³-hybridized carbons (Fsp3) is 0.533. The topological polar surface area (TPSA) is 27.6 Å². The van der Waals surface area contributed by atoms with Crippen LogP contribution in [0.2, 0.25) is 0 Å². The normalized spacial score (nSPS) is 26.7. The number of hydrogen-bond acceptors (Lipinski definition) is 3. The first-order chi connectivity index (χ1) is 9.29. The van der Waals surface area contributed by atoms with Gasteiger partial charge in [-0.3, -0.25) is 0 Å². The zero-order valence-corrected chi connectivity index (χ0v) is 11.3. The van der Waals surface area contributed by atoms with Gasteiger partial charge in [0.25, 0.3) is 0 Å². The molecule has 1 fully saturated rings. The van der Waals surface area contributed by atoms with Crippen molar-refractivity contribution in [1.29, 1.82) is 0 Å². The second-order valence-corrected chi connectivity index (χ2v) is 5.39. The van der Waals surface area contributed by atoms with E-state index in [1.54, 1.807) is 6.07 Å². The molecule has 0 bridgehead atoms. The minimum atomic E-state index is -0.135. The van der Waals surface area contributed by atoms with Crippen LogP contribution < -0.4 is 5.43 Å². The minimum absolute atomic E-state index is 0.00384. The zero-order valence-electron chi connectivity index (χ0n) is 11.3. The molecule has 1 saturated heterocycles. The third-order valence-electron chi connectivity index (χ3n) is 4.10. The largest absolute Gasteiger partial charge is 0.302 e. The molecule has 1 aromatic rings. The van der Waals surface area contributed by atoms with E-state index in [1.807, 2.05) is 12.1 Å². The van der Waals surface area contributed by atoms with Gasteiger partial charge in [-0.2, -0.15) is 5.10 Å². The number of nitrogens with one attached hydrogen (secondary N) is 1. The number of piperidine rings is 1. The Morgan fingerprint density at radius 2 is 2.26 bits per heavy atom. The number of halogens is 1. The molecule has 2 aliphatic rings. The molecule has 2 aliphatic heterocycles. The van der Waals surface area contributed by atoms with Crippen LogP contribution in [0.1, 0.15) is 31.4 Å². The maximum absolute atomic E-state index is 13.9. The highest BCUT2D eigenvalue weighted by molar-refractivity contribution is 5.89. The Kier molecular flexibility index (Phi) is 3.51. The van der Waals surface area contributed by atoms with Crippen molar-refractivity contribution in [3.63, 3.8) is 0 Å². The zero-order chi connectivity index (χ0) is 13.2. The summed E-state index contributed by atoms with van der Waals surface area (Å²) in [4.78, 5) is 2.46. The summed E-state index contributed by atoms with van der Waals surface area (Å²) in [5, 5.41) is 4.42. The van der Waals surface area contributed by atoms with Gasteiger partial charge in [0.15, 0.2) is 0 Å². The lowest BCUT2D eigenvalue weighted by Crippen LogP contribution is -2.42. The fourth-order valence-corrected chi connectivity index (χ4v) is 3.14. The van der Waals surface area contributed by atoms with E-state index in [-0.39, 0.29) is 11.9 Å². The second kappa shape index (κ2) is 5.29. The lowest BCUT2D eigenvalue weighted by molar-refractivity contribution is 0.227. The molecule has 102 valence electrons. The Morgan fingerprint density at radius 1 is 1.42 bits per heavy atom. The molecule has 3 rings (SSSR count). The predicted molar refractivity (Wildman–Crippen MR) is 74.5 cm³/mol. The van der Waals surface area contributed by atoms with Gasteiger partial charge in [-0.1, -0.05) is 25.1 Å². The predicted octanol–water partition coefficient (Wildman–Crippen LogP) is 2.56. The van der Waals surface area contributed by atoms with Crippen LogP contribution in [0.4, 0.5) is 4.39 Å². The molecule has 1 N–H and O–H groups in total. The summed E-state index contributed by atoms with van der Waals surface area (Å²) in [7, 11) is 0. The summed E-state index contributed by atoms with van der Waals surface area (Å²) >= 11 is 0. The van der Waals surface area contributed by atoms with Crippen LogP contribution in [0.3, 0.4) is 0 Å².